The van der Waals surface area contributed by atoms with Crippen molar-refractivity contribution in [2.45, 2.75) is 17.4 Å². The van der Waals surface area contributed by atoms with Crippen molar-refractivity contribution in [2.75, 3.05) is 18.4 Å². The second kappa shape index (κ2) is 6.84. The van der Waals surface area contributed by atoms with Gasteiger partial charge in [0.1, 0.15) is 23.1 Å². The molecule has 0 spiro atoms. The second-order valence-corrected chi connectivity index (χ2v) is 9.47. The lowest BCUT2D eigenvalue weighted by Crippen LogP contribution is -2.50. The van der Waals surface area contributed by atoms with Gasteiger partial charge in [-0.2, -0.15) is 0 Å². The lowest BCUT2D eigenvalue weighted by atomic mass is 9.96. The maximum atomic E-state index is 13.6. The van der Waals surface area contributed by atoms with Gasteiger partial charge in [-0.3, -0.25) is 9.78 Å². The normalized spacial score (nSPS) is 23.4. The molecule has 2 aromatic rings. The highest BCUT2D eigenvalue weighted by molar-refractivity contribution is 7.90. The number of carbonyl (C=O) groups is 2. The second-order valence-electron chi connectivity index (χ2n) is 7.64. The molecule has 0 radical (unpaired) electrons. The number of amides is 3. The molecule has 160 valence electrons. The van der Waals surface area contributed by atoms with Crippen LogP contribution in [-0.4, -0.2) is 53.7 Å². The molecule has 1 saturated heterocycles. The summed E-state index contributed by atoms with van der Waals surface area (Å²) >= 11 is 0. The first kappa shape index (κ1) is 19.6. The van der Waals surface area contributed by atoms with Crippen molar-refractivity contribution >= 4 is 33.2 Å². The van der Waals surface area contributed by atoms with E-state index in [1.807, 2.05) is 6.08 Å². The summed E-state index contributed by atoms with van der Waals surface area (Å²) in [5, 5.41) is 2.37. The van der Waals surface area contributed by atoms with Crippen molar-refractivity contribution < 1.29 is 26.8 Å². The van der Waals surface area contributed by atoms with Crippen LogP contribution in [0, 0.1) is 17.6 Å². The summed E-state index contributed by atoms with van der Waals surface area (Å²) in [5.74, 6) is -1.80. The van der Waals surface area contributed by atoms with Gasteiger partial charge in [0.2, 0.25) is 5.91 Å². The molecule has 2 bridgehead atoms. The van der Waals surface area contributed by atoms with Crippen molar-refractivity contribution in [2.24, 2.45) is 5.92 Å². The largest absolute Gasteiger partial charge is 0.336 e. The Morgan fingerprint density at radius 2 is 2.00 bits per heavy atom. The van der Waals surface area contributed by atoms with Gasteiger partial charge in [-0.05, 0) is 41.8 Å². The quantitative estimate of drug-likeness (QED) is 0.779. The van der Waals surface area contributed by atoms with Gasteiger partial charge in [-0.1, -0.05) is 6.08 Å². The van der Waals surface area contributed by atoms with Gasteiger partial charge in [0.05, 0.1) is 17.9 Å². The van der Waals surface area contributed by atoms with Crippen LogP contribution in [0.4, 0.5) is 19.3 Å². The summed E-state index contributed by atoms with van der Waals surface area (Å²) in [4.78, 5) is 30.2. The molecule has 3 heterocycles. The molecule has 1 aliphatic carbocycles. The maximum Gasteiger partial charge on any atom is 0.336 e. The highest BCUT2D eigenvalue weighted by Gasteiger charge is 2.44. The third kappa shape index (κ3) is 3.16. The minimum absolute atomic E-state index is 0.0286. The molecule has 1 fully saturated rings. The smallest absolute Gasteiger partial charge is 0.334 e. The predicted molar refractivity (Wildman–Crippen MR) is 105 cm³/mol. The molecule has 0 unspecified atom stereocenters. The summed E-state index contributed by atoms with van der Waals surface area (Å²) in [6.45, 7) is -0.370. The molecule has 3 amide bonds. The number of halogens is 2. The number of nitrogens with one attached hydrogen (secondary N) is 1. The van der Waals surface area contributed by atoms with Gasteiger partial charge >= 0.3 is 6.03 Å². The number of rotatable bonds is 3. The van der Waals surface area contributed by atoms with Crippen molar-refractivity contribution in [1.82, 2.24) is 14.2 Å². The van der Waals surface area contributed by atoms with Crippen molar-refractivity contribution in [3.63, 3.8) is 0 Å². The number of hydrogen-bond acceptors (Lipinski definition) is 5. The summed E-state index contributed by atoms with van der Waals surface area (Å²) < 4.78 is 53.1. The zero-order valence-electron chi connectivity index (χ0n) is 16.0. The molecule has 3 aliphatic rings. The first-order chi connectivity index (χ1) is 14.7. The van der Waals surface area contributed by atoms with Gasteiger partial charge in [0.15, 0.2) is 0 Å². The number of fused-ring (bicyclic) bond motifs is 3. The fourth-order valence-corrected chi connectivity index (χ4v) is 5.81. The molecule has 8 nitrogen and oxygen atoms in total. The Kier molecular flexibility index (Phi) is 4.33. The molecular formula is C20H16F2N4O4S. The van der Waals surface area contributed by atoms with Crippen molar-refractivity contribution in [3.8, 4) is 0 Å². The number of nitrogens with zero attached hydrogens (tertiary/aromatic N) is 3. The van der Waals surface area contributed by atoms with Crippen LogP contribution in [0.2, 0.25) is 0 Å². The number of likely N-dealkylation sites (tertiary alicyclic amines) is 1. The molecule has 0 saturated carbocycles. The summed E-state index contributed by atoms with van der Waals surface area (Å²) in [6, 6.07) is 3.13. The Labute approximate surface area is 176 Å². The number of urea groups is 1. The average molecular weight is 446 g/mol. The van der Waals surface area contributed by atoms with Gasteiger partial charge < -0.3 is 10.2 Å². The number of aromatic nitrogens is 1. The van der Waals surface area contributed by atoms with Gasteiger partial charge in [-0.15, -0.1) is 0 Å². The topological polar surface area (TPSA) is 99.7 Å². The van der Waals surface area contributed by atoms with Crippen LogP contribution < -0.4 is 5.32 Å². The van der Waals surface area contributed by atoms with Gasteiger partial charge in [-0.25, -0.2) is 26.3 Å². The predicted octanol–water partition coefficient (Wildman–Crippen LogP) is 2.21. The Morgan fingerprint density at radius 3 is 2.71 bits per heavy atom. The fourth-order valence-electron chi connectivity index (χ4n) is 4.37. The molecule has 1 aromatic heterocycles. The zero-order chi connectivity index (χ0) is 21.9. The zero-order valence-corrected chi connectivity index (χ0v) is 16.8. The van der Waals surface area contributed by atoms with Crippen LogP contribution in [0.15, 0.2) is 47.6 Å². The highest BCUT2D eigenvalue weighted by atomic mass is 32.2. The van der Waals surface area contributed by atoms with E-state index in [2.05, 4.69) is 10.3 Å². The van der Waals surface area contributed by atoms with E-state index in [9.17, 15) is 26.8 Å². The molecule has 1 aromatic carbocycles. The number of pyridine rings is 1. The van der Waals surface area contributed by atoms with Crippen LogP contribution >= 0.6 is 0 Å². The van der Waals surface area contributed by atoms with E-state index in [1.165, 1.54) is 11.0 Å². The van der Waals surface area contributed by atoms with E-state index >= 15 is 0 Å². The molecule has 2 aliphatic heterocycles. The van der Waals surface area contributed by atoms with Gasteiger partial charge in [0, 0.05) is 18.7 Å². The average Bonchev–Trinajstić information content (AvgIpc) is 3.33. The van der Waals surface area contributed by atoms with E-state index in [1.54, 1.807) is 6.20 Å². The Hall–Kier alpha value is -3.34. The van der Waals surface area contributed by atoms with E-state index in [0.29, 0.717) is 22.8 Å². The first-order valence-electron chi connectivity index (χ1n) is 9.49. The van der Waals surface area contributed by atoms with Crippen molar-refractivity contribution in [1.29, 1.82) is 0 Å². The summed E-state index contributed by atoms with van der Waals surface area (Å²) in [7, 11) is -4.38. The van der Waals surface area contributed by atoms with E-state index in [-0.39, 0.29) is 17.6 Å². The monoisotopic (exact) mass is 446 g/mol. The fraction of sp³-hybridized carbons (Fsp3) is 0.250. The number of sulfonamides is 1. The number of hydrogen-bond donors (Lipinski definition) is 1. The van der Waals surface area contributed by atoms with Gasteiger partial charge in [0.25, 0.3) is 10.0 Å². The summed E-state index contributed by atoms with van der Waals surface area (Å²) in [5.41, 5.74) is 1.51. The Bertz CT molecular complexity index is 1260. The molecule has 1 N–H and O–H groups in total. The molecular weight excluding hydrogens is 430 g/mol. The van der Waals surface area contributed by atoms with Crippen LogP contribution in [0.5, 0.6) is 0 Å². The molecule has 5 rings (SSSR count). The SMILES string of the molecule is O=C(CN1C(=O)Nc2ccc(F)cc2S1(=O)=O)N1C[C@H]2C[C@@H]1C=C2c1cncc(F)c1. The molecule has 2 atom stereocenters. The standard InChI is InChI=1S/C20H16F2N4O4S/c21-13-1-2-17-18(5-13)31(29,30)26(20(28)24-17)10-19(27)25-9-12-4-15(25)6-16(12)11-3-14(22)8-23-7-11/h1-3,5-8,12,15H,4,9-10H2,(H,24,28)/t12-,15-/m1/s1. The van der Waals surface area contributed by atoms with Crippen molar-refractivity contribution in [3.05, 3.63) is 59.9 Å². The summed E-state index contributed by atoms with van der Waals surface area (Å²) in [6.07, 6.45) is 5.15. The third-order valence-corrected chi connectivity index (χ3v) is 7.54. The molecule has 31 heavy (non-hydrogen) atoms. The van der Waals surface area contributed by atoms with E-state index in [0.717, 1.165) is 30.0 Å². The minimum Gasteiger partial charge on any atom is -0.334 e. The van der Waals surface area contributed by atoms with Crippen LogP contribution in [0.3, 0.4) is 0 Å². The number of benzene rings is 1. The lowest BCUT2D eigenvalue weighted by molar-refractivity contribution is -0.131. The van der Waals surface area contributed by atoms with Crippen LogP contribution in [-0.2, 0) is 14.8 Å². The van der Waals surface area contributed by atoms with E-state index < -0.39 is 45.0 Å². The highest BCUT2D eigenvalue weighted by Crippen LogP contribution is 2.42. The Balaban J connectivity index is 1.36. The van der Waals surface area contributed by atoms with Crippen LogP contribution in [0.25, 0.3) is 5.57 Å². The number of anilines is 1. The Morgan fingerprint density at radius 1 is 1.19 bits per heavy atom. The maximum absolute atomic E-state index is 13.6. The lowest BCUT2D eigenvalue weighted by Gasteiger charge is -2.31. The first-order valence-corrected chi connectivity index (χ1v) is 10.9. The minimum atomic E-state index is -4.38. The van der Waals surface area contributed by atoms with Crippen LogP contribution in [0.1, 0.15) is 12.0 Å². The molecule has 11 heteroatoms. The third-order valence-electron chi connectivity index (χ3n) is 5.77. The number of carbonyl (C=O) groups excluding carboxylic acids is 2. The van der Waals surface area contributed by atoms with E-state index in [4.69, 9.17) is 0 Å².